The van der Waals surface area contributed by atoms with Crippen molar-refractivity contribution in [3.63, 3.8) is 0 Å². The van der Waals surface area contributed by atoms with E-state index >= 15 is 0 Å². The molecule has 10 heteroatoms. The maximum Gasteiger partial charge on any atom is 0.266 e. The molecule has 0 saturated carbocycles. The Bertz CT molecular complexity index is 1300. The van der Waals surface area contributed by atoms with E-state index in [2.05, 4.69) is 15.4 Å². The summed E-state index contributed by atoms with van der Waals surface area (Å²) in [6, 6.07) is 14.3. The first-order valence-corrected chi connectivity index (χ1v) is 12.5. The minimum atomic E-state index is -0.281. The summed E-state index contributed by atoms with van der Waals surface area (Å²) in [7, 11) is 0. The first kappa shape index (κ1) is 23.7. The fraction of sp³-hybridized carbons (Fsp3) is 0.250. The fourth-order valence-electron chi connectivity index (χ4n) is 3.17. The smallest absolute Gasteiger partial charge is 0.266 e. The maximum absolute atomic E-state index is 12.3. The average Bonchev–Trinajstić information content (AvgIpc) is 3.50. The van der Waals surface area contributed by atoms with Crippen molar-refractivity contribution >= 4 is 28.6 Å². The summed E-state index contributed by atoms with van der Waals surface area (Å²) in [4.78, 5) is 31.1. The molecule has 8 nitrogen and oxygen atoms in total. The molecule has 0 atom stereocenters. The number of hydrogen-bond acceptors (Lipinski definition) is 8. The number of ether oxygens (including phenoxy) is 2. The van der Waals surface area contributed by atoms with Crippen molar-refractivity contribution in [2.24, 2.45) is 0 Å². The molecule has 4 rings (SSSR count). The molecule has 0 bridgehead atoms. The van der Waals surface area contributed by atoms with Gasteiger partial charge in [-0.05, 0) is 55.6 Å². The molecular formula is C24H24N4O4S2. The number of thiophene rings is 1. The summed E-state index contributed by atoms with van der Waals surface area (Å²) in [5.74, 6) is 1.04. The molecule has 3 aromatic heterocycles. The van der Waals surface area contributed by atoms with Crippen molar-refractivity contribution in [2.45, 2.75) is 20.4 Å². The van der Waals surface area contributed by atoms with Crippen molar-refractivity contribution in [1.82, 2.24) is 20.1 Å². The zero-order valence-corrected chi connectivity index (χ0v) is 20.4. The topological polar surface area (TPSA) is 95.3 Å². The number of nitrogens with one attached hydrogen (secondary N) is 1. The zero-order valence-electron chi connectivity index (χ0n) is 18.8. The third-order valence-corrected chi connectivity index (χ3v) is 7.00. The Labute approximate surface area is 204 Å². The molecule has 0 aliphatic carbocycles. The third-order valence-electron chi connectivity index (χ3n) is 4.78. The number of benzene rings is 1. The SMILES string of the molecule is CCOc1ccc(OCC(=O)NCCn2nc(-c3sc(-c4cccs4)nc3C)ccc2=O)cc1. The van der Waals surface area contributed by atoms with Crippen LogP contribution in [0.3, 0.4) is 0 Å². The van der Waals surface area contributed by atoms with Crippen LogP contribution in [0.4, 0.5) is 0 Å². The van der Waals surface area contributed by atoms with E-state index in [1.165, 1.54) is 10.7 Å². The third kappa shape index (κ3) is 5.89. The van der Waals surface area contributed by atoms with Crippen LogP contribution in [-0.4, -0.2) is 40.4 Å². The summed E-state index contributed by atoms with van der Waals surface area (Å²) >= 11 is 3.18. The molecule has 0 aliphatic heterocycles. The lowest BCUT2D eigenvalue weighted by Gasteiger charge is -2.10. The molecule has 0 unspecified atom stereocenters. The molecule has 176 valence electrons. The lowest BCUT2D eigenvalue weighted by molar-refractivity contribution is -0.123. The van der Waals surface area contributed by atoms with Gasteiger partial charge in [0.2, 0.25) is 0 Å². The van der Waals surface area contributed by atoms with Gasteiger partial charge in [0.25, 0.3) is 11.5 Å². The Balaban J connectivity index is 1.32. The molecule has 0 spiro atoms. The van der Waals surface area contributed by atoms with Crippen LogP contribution < -0.4 is 20.3 Å². The lowest BCUT2D eigenvalue weighted by Crippen LogP contribution is -2.34. The molecular weight excluding hydrogens is 472 g/mol. The van der Waals surface area contributed by atoms with Gasteiger partial charge < -0.3 is 14.8 Å². The van der Waals surface area contributed by atoms with E-state index in [1.54, 1.807) is 53.0 Å². The Kier molecular flexibility index (Phi) is 7.71. The van der Waals surface area contributed by atoms with Crippen LogP contribution in [0.15, 0.2) is 58.7 Å². The maximum atomic E-state index is 12.3. The van der Waals surface area contributed by atoms with Gasteiger partial charge in [-0.1, -0.05) is 6.07 Å². The molecule has 34 heavy (non-hydrogen) atoms. The number of carbonyl (C=O) groups excluding carboxylic acids is 1. The van der Waals surface area contributed by atoms with E-state index in [9.17, 15) is 9.59 Å². The molecule has 1 N–H and O–H groups in total. The summed E-state index contributed by atoms with van der Waals surface area (Å²) in [6.07, 6.45) is 0. The highest BCUT2D eigenvalue weighted by Crippen LogP contribution is 2.35. The van der Waals surface area contributed by atoms with E-state index < -0.39 is 0 Å². The van der Waals surface area contributed by atoms with Crippen LogP contribution in [0.5, 0.6) is 11.5 Å². The normalized spacial score (nSPS) is 10.8. The van der Waals surface area contributed by atoms with E-state index in [1.807, 2.05) is 31.4 Å². The molecule has 0 radical (unpaired) electrons. The molecule has 4 aromatic rings. The van der Waals surface area contributed by atoms with Crippen molar-refractivity contribution in [3.05, 3.63) is 70.0 Å². The summed E-state index contributed by atoms with van der Waals surface area (Å²) in [5, 5.41) is 10.2. The predicted molar refractivity (Wildman–Crippen MR) is 134 cm³/mol. The van der Waals surface area contributed by atoms with Gasteiger partial charge in [-0.15, -0.1) is 22.7 Å². The minimum Gasteiger partial charge on any atom is -0.494 e. The van der Waals surface area contributed by atoms with Gasteiger partial charge in [-0.2, -0.15) is 5.10 Å². The van der Waals surface area contributed by atoms with Gasteiger partial charge >= 0.3 is 0 Å². The number of aryl methyl sites for hydroxylation is 1. The zero-order chi connectivity index (χ0) is 23.9. The first-order valence-electron chi connectivity index (χ1n) is 10.8. The monoisotopic (exact) mass is 496 g/mol. The summed E-state index contributed by atoms with van der Waals surface area (Å²) in [6.45, 7) is 4.81. The highest BCUT2D eigenvalue weighted by atomic mass is 32.1. The molecule has 0 fully saturated rings. The van der Waals surface area contributed by atoms with Gasteiger partial charge in [0.15, 0.2) is 6.61 Å². The summed E-state index contributed by atoms with van der Waals surface area (Å²) < 4.78 is 12.2. The Morgan fingerprint density at radius 2 is 1.85 bits per heavy atom. The Hall–Kier alpha value is -3.50. The second-order valence-electron chi connectivity index (χ2n) is 7.23. The quantitative estimate of drug-likeness (QED) is 0.357. The number of nitrogens with zero attached hydrogens (tertiary/aromatic N) is 3. The van der Waals surface area contributed by atoms with Crippen molar-refractivity contribution in [3.8, 4) is 32.0 Å². The largest absolute Gasteiger partial charge is 0.494 e. The molecule has 1 aromatic carbocycles. The number of carbonyl (C=O) groups is 1. The fourth-order valence-corrected chi connectivity index (χ4v) is 5.00. The lowest BCUT2D eigenvalue weighted by atomic mass is 10.3. The van der Waals surface area contributed by atoms with Gasteiger partial charge in [-0.3, -0.25) is 9.59 Å². The van der Waals surface area contributed by atoms with Crippen molar-refractivity contribution in [2.75, 3.05) is 19.8 Å². The highest BCUT2D eigenvalue weighted by Gasteiger charge is 2.14. The van der Waals surface area contributed by atoms with Gasteiger partial charge in [0.05, 0.1) is 28.6 Å². The predicted octanol–water partition coefficient (Wildman–Crippen LogP) is 4.00. The van der Waals surface area contributed by atoms with Crippen LogP contribution in [0.2, 0.25) is 0 Å². The van der Waals surface area contributed by atoms with Crippen LogP contribution in [0.25, 0.3) is 20.5 Å². The van der Waals surface area contributed by atoms with Crippen LogP contribution in [0.1, 0.15) is 12.6 Å². The van der Waals surface area contributed by atoms with E-state index in [0.717, 1.165) is 26.2 Å². The first-order chi connectivity index (χ1) is 16.5. The van der Waals surface area contributed by atoms with Gasteiger partial charge in [0, 0.05) is 12.6 Å². The Morgan fingerprint density at radius 3 is 2.56 bits per heavy atom. The second kappa shape index (κ2) is 11.1. The van der Waals surface area contributed by atoms with Gasteiger partial charge in [0.1, 0.15) is 22.2 Å². The number of thiazole rings is 1. The van der Waals surface area contributed by atoms with Crippen LogP contribution >= 0.6 is 22.7 Å². The average molecular weight is 497 g/mol. The van der Waals surface area contributed by atoms with Gasteiger partial charge in [-0.25, -0.2) is 9.67 Å². The number of aromatic nitrogens is 3. The van der Waals surface area contributed by atoms with Crippen molar-refractivity contribution < 1.29 is 14.3 Å². The summed E-state index contributed by atoms with van der Waals surface area (Å²) in [5.41, 5.74) is 1.32. The number of rotatable bonds is 10. The Morgan fingerprint density at radius 1 is 1.09 bits per heavy atom. The standard InChI is InChI=1S/C24H24N4O4S2/c1-3-31-17-6-8-18(9-7-17)32-15-21(29)25-12-13-28-22(30)11-10-19(27-28)23-16(2)26-24(34-23)20-5-4-14-33-20/h4-11,14H,3,12-13,15H2,1-2H3,(H,25,29). The number of amides is 1. The number of hydrogen-bond donors (Lipinski definition) is 1. The molecule has 3 heterocycles. The van der Waals surface area contributed by atoms with Crippen LogP contribution in [0, 0.1) is 6.92 Å². The van der Waals surface area contributed by atoms with E-state index in [0.29, 0.717) is 18.1 Å². The molecule has 0 aliphatic rings. The van der Waals surface area contributed by atoms with E-state index in [-0.39, 0.29) is 31.2 Å². The van der Waals surface area contributed by atoms with Crippen LogP contribution in [-0.2, 0) is 11.3 Å². The second-order valence-corrected chi connectivity index (χ2v) is 9.18. The van der Waals surface area contributed by atoms with Crippen molar-refractivity contribution in [1.29, 1.82) is 0 Å². The highest BCUT2D eigenvalue weighted by molar-refractivity contribution is 7.23. The molecule has 1 amide bonds. The molecule has 0 saturated heterocycles. The minimum absolute atomic E-state index is 0.123. The van der Waals surface area contributed by atoms with E-state index in [4.69, 9.17) is 9.47 Å².